The number of hydrogen-bond acceptors (Lipinski definition) is 3. The first kappa shape index (κ1) is 11.7. The van der Waals surface area contributed by atoms with Crippen LogP contribution in [0.1, 0.15) is 33.1 Å². The lowest BCUT2D eigenvalue weighted by Gasteiger charge is -2.47. The van der Waals surface area contributed by atoms with E-state index in [0.717, 1.165) is 18.4 Å². The zero-order valence-electron chi connectivity index (χ0n) is 10.9. The number of ketones is 1. The maximum Gasteiger partial charge on any atom is 0.334 e. The predicted molar refractivity (Wildman–Crippen MR) is 66.7 cm³/mol. The van der Waals surface area contributed by atoms with Crippen LogP contribution < -0.4 is 0 Å². The third kappa shape index (κ3) is 1.49. The fraction of sp³-hybridized carbons (Fsp3) is 0.600. The Labute approximate surface area is 107 Å². The summed E-state index contributed by atoms with van der Waals surface area (Å²) in [6.45, 7) is 8.04. The monoisotopic (exact) mass is 246 g/mol. The Morgan fingerprint density at radius 2 is 2.17 bits per heavy atom. The van der Waals surface area contributed by atoms with Gasteiger partial charge in [-0.05, 0) is 37.2 Å². The summed E-state index contributed by atoms with van der Waals surface area (Å²) in [7, 11) is 0. The van der Waals surface area contributed by atoms with E-state index in [2.05, 4.69) is 13.5 Å². The highest BCUT2D eigenvalue weighted by atomic mass is 16.6. The SMILES string of the molecule is C=C1C(=O)O[C@@H]2C[C@@]3(C)CC(=O)C=C(C)[C@H]3C[C@@H]12. The molecule has 1 saturated carbocycles. The highest BCUT2D eigenvalue weighted by Crippen LogP contribution is 2.54. The van der Waals surface area contributed by atoms with Crippen molar-refractivity contribution in [2.45, 2.75) is 39.2 Å². The van der Waals surface area contributed by atoms with Gasteiger partial charge < -0.3 is 4.74 Å². The Kier molecular flexibility index (Phi) is 2.31. The summed E-state index contributed by atoms with van der Waals surface area (Å²) in [5.74, 6) is 0.475. The van der Waals surface area contributed by atoms with Crippen LogP contribution >= 0.6 is 0 Å². The summed E-state index contributed by atoms with van der Waals surface area (Å²) < 4.78 is 5.39. The first-order chi connectivity index (χ1) is 8.40. The van der Waals surface area contributed by atoms with Crippen LogP contribution in [-0.2, 0) is 14.3 Å². The van der Waals surface area contributed by atoms with Gasteiger partial charge in [0.1, 0.15) is 6.10 Å². The molecule has 0 aromatic heterocycles. The third-order valence-electron chi connectivity index (χ3n) is 4.93. The molecule has 18 heavy (non-hydrogen) atoms. The van der Waals surface area contributed by atoms with Gasteiger partial charge in [-0.3, -0.25) is 4.79 Å². The zero-order chi connectivity index (χ0) is 13.1. The molecule has 0 N–H and O–H groups in total. The molecule has 1 saturated heterocycles. The molecule has 4 atom stereocenters. The Hall–Kier alpha value is -1.38. The van der Waals surface area contributed by atoms with Crippen molar-refractivity contribution in [1.82, 2.24) is 0 Å². The van der Waals surface area contributed by atoms with Crippen molar-refractivity contribution in [3.63, 3.8) is 0 Å². The minimum atomic E-state index is -0.250. The van der Waals surface area contributed by atoms with Crippen LogP contribution in [0.25, 0.3) is 0 Å². The molecule has 0 amide bonds. The van der Waals surface area contributed by atoms with Crippen LogP contribution in [0.15, 0.2) is 23.8 Å². The molecule has 1 heterocycles. The molecule has 0 radical (unpaired) electrons. The summed E-state index contributed by atoms with van der Waals surface area (Å²) >= 11 is 0. The molecule has 3 heteroatoms. The molecule has 0 spiro atoms. The van der Waals surface area contributed by atoms with Crippen molar-refractivity contribution >= 4 is 11.8 Å². The average molecular weight is 246 g/mol. The van der Waals surface area contributed by atoms with Crippen LogP contribution in [-0.4, -0.2) is 17.9 Å². The first-order valence-electron chi connectivity index (χ1n) is 6.51. The standard InChI is InChI=1S/C15H18O3/c1-8-4-10(16)6-15(3)7-13-11(5-12(8)15)9(2)14(17)18-13/h4,11-13H,2,5-7H2,1,3H3/t11-,12+,13+,15+/m0/s1. The number of esters is 1. The van der Waals surface area contributed by atoms with E-state index in [1.54, 1.807) is 6.08 Å². The van der Waals surface area contributed by atoms with E-state index < -0.39 is 0 Å². The van der Waals surface area contributed by atoms with Gasteiger partial charge in [-0.1, -0.05) is 19.1 Å². The largest absolute Gasteiger partial charge is 0.458 e. The van der Waals surface area contributed by atoms with E-state index in [-0.39, 0.29) is 29.2 Å². The Morgan fingerprint density at radius 3 is 2.89 bits per heavy atom. The smallest absolute Gasteiger partial charge is 0.334 e. The molecule has 0 aromatic rings. The lowest BCUT2D eigenvalue weighted by atomic mass is 9.57. The highest BCUT2D eigenvalue weighted by Gasteiger charge is 2.53. The zero-order valence-corrected chi connectivity index (χ0v) is 10.9. The molecule has 3 nitrogen and oxygen atoms in total. The van der Waals surface area contributed by atoms with E-state index in [1.165, 1.54) is 0 Å². The van der Waals surface area contributed by atoms with E-state index in [1.807, 2.05) is 6.92 Å². The maximum absolute atomic E-state index is 11.8. The Balaban J connectivity index is 1.96. The molecule has 3 aliphatic rings. The molecule has 0 bridgehead atoms. The molecular formula is C15H18O3. The van der Waals surface area contributed by atoms with Crippen LogP contribution in [0.2, 0.25) is 0 Å². The van der Waals surface area contributed by atoms with Crippen molar-refractivity contribution in [2.75, 3.05) is 0 Å². The maximum atomic E-state index is 11.8. The van der Waals surface area contributed by atoms with Crippen LogP contribution in [0.4, 0.5) is 0 Å². The number of allylic oxidation sites excluding steroid dienone is 2. The summed E-state index contributed by atoms with van der Waals surface area (Å²) in [6, 6.07) is 0. The van der Waals surface area contributed by atoms with E-state index >= 15 is 0 Å². The Bertz CT molecular complexity index is 488. The fourth-order valence-electron chi connectivity index (χ4n) is 4.02. The van der Waals surface area contributed by atoms with Gasteiger partial charge >= 0.3 is 5.97 Å². The quantitative estimate of drug-likeness (QED) is 0.487. The number of fused-ring (bicyclic) bond motifs is 2. The van der Waals surface area contributed by atoms with E-state index in [9.17, 15) is 9.59 Å². The van der Waals surface area contributed by atoms with Gasteiger partial charge in [-0.2, -0.15) is 0 Å². The molecule has 96 valence electrons. The third-order valence-corrected chi connectivity index (χ3v) is 4.93. The van der Waals surface area contributed by atoms with Crippen molar-refractivity contribution in [1.29, 1.82) is 0 Å². The van der Waals surface area contributed by atoms with Crippen molar-refractivity contribution in [3.8, 4) is 0 Å². The molecule has 3 rings (SSSR count). The van der Waals surface area contributed by atoms with Gasteiger partial charge in [0, 0.05) is 17.9 Å². The van der Waals surface area contributed by atoms with Crippen LogP contribution in [0.3, 0.4) is 0 Å². The average Bonchev–Trinajstić information content (AvgIpc) is 2.50. The summed E-state index contributed by atoms with van der Waals surface area (Å²) in [5, 5.41) is 0. The molecule has 1 aliphatic heterocycles. The molecule has 2 aliphatic carbocycles. The highest BCUT2D eigenvalue weighted by molar-refractivity contribution is 5.93. The summed E-state index contributed by atoms with van der Waals surface area (Å²) in [4.78, 5) is 23.3. The van der Waals surface area contributed by atoms with Crippen LogP contribution in [0.5, 0.6) is 0 Å². The lowest BCUT2D eigenvalue weighted by Crippen LogP contribution is -2.44. The second kappa shape index (κ2) is 3.56. The summed E-state index contributed by atoms with van der Waals surface area (Å²) in [6.07, 6.45) is 3.95. The second-order valence-corrected chi connectivity index (χ2v) is 6.25. The molecule has 0 unspecified atom stereocenters. The van der Waals surface area contributed by atoms with Gasteiger partial charge in [-0.15, -0.1) is 0 Å². The van der Waals surface area contributed by atoms with Gasteiger partial charge in [0.2, 0.25) is 0 Å². The molecular weight excluding hydrogens is 228 g/mol. The minimum absolute atomic E-state index is 0.0536. The van der Waals surface area contributed by atoms with Crippen LogP contribution in [0, 0.1) is 17.3 Å². The minimum Gasteiger partial charge on any atom is -0.458 e. The van der Waals surface area contributed by atoms with Crippen molar-refractivity contribution in [2.24, 2.45) is 17.3 Å². The Morgan fingerprint density at radius 1 is 1.44 bits per heavy atom. The van der Waals surface area contributed by atoms with E-state index in [0.29, 0.717) is 17.9 Å². The van der Waals surface area contributed by atoms with Gasteiger partial charge in [0.05, 0.1) is 0 Å². The number of ether oxygens (including phenoxy) is 1. The number of carbonyl (C=O) groups excluding carboxylic acids is 2. The number of carbonyl (C=O) groups is 2. The van der Waals surface area contributed by atoms with Gasteiger partial charge in [0.15, 0.2) is 5.78 Å². The van der Waals surface area contributed by atoms with Gasteiger partial charge in [0.25, 0.3) is 0 Å². The first-order valence-corrected chi connectivity index (χ1v) is 6.51. The van der Waals surface area contributed by atoms with Gasteiger partial charge in [-0.25, -0.2) is 4.79 Å². The summed E-state index contributed by atoms with van der Waals surface area (Å²) in [5.41, 5.74) is 1.72. The predicted octanol–water partition coefficient (Wildman–Crippen LogP) is 2.42. The van der Waals surface area contributed by atoms with Crippen molar-refractivity contribution in [3.05, 3.63) is 23.8 Å². The normalized spacial score (nSPS) is 43.1. The lowest BCUT2D eigenvalue weighted by molar-refractivity contribution is -0.142. The van der Waals surface area contributed by atoms with E-state index in [4.69, 9.17) is 4.74 Å². The van der Waals surface area contributed by atoms with Crippen molar-refractivity contribution < 1.29 is 14.3 Å². The number of hydrogen-bond donors (Lipinski definition) is 0. The topological polar surface area (TPSA) is 43.4 Å². The second-order valence-electron chi connectivity index (χ2n) is 6.25. The molecule has 0 aromatic carbocycles. The fourth-order valence-corrected chi connectivity index (χ4v) is 4.02. The number of rotatable bonds is 0. The molecule has 2 fully saturated rings.